The Morgan fingerprint density at radius 1 is 1.21 bits per heavy atom. The highest BCUT2D eigenvalue weighted by molar-refractivity contribution is 7.94. The largest absolute Gasteiger partial charge is 0.493 e. The Kier molecular flexibility index (Phi) is 5.57. The molecule has 2 N–H and O–H groups in total. The average molecular weight is 372 g/mol. The number of aromatic nitrogens is 2. The van der Waals surface area contributed by atoms with E-state index in [1.807, 2.05) is 0 Å². The molecule has 0 aliphatic heterocycles. The van der Waals surface area contributed by atoms with Gasteiger partial charge < -0.3 is 14.8 Å². The second-order valence-corrected chi connectivity index (χ2v) is 7.28. The fraction of sp³-hybridized carbons (Fsp3) is 0.308. The number of benzene rings is 1. The number of carbonyl (C=O) groups is 1. The van der Waals surface area contributed by atoms with Crippen LogP contribution in [0.15, 0.2) is 22.5 Å². The first kappa shape index (κ1) is 17.9. The lowest BCUT2D eigenvalue weighted by atomic mass is 10.3. The lowest BCUT2D eigenvalue weighted by molar-refractivity contribution is -0.115. The zero-order chi connectivity index (χ0) is 17.7. The highest BCUT2D eigenvalue weighted by Gasteiger charge is 2.21. The van der Waals surface area contributed by atoms with Gasteiger partial charge in [-0.05, 0) is 12.1 Å². The van der Waals surface area contributed by atoms with E-state index in [0.29, 0.717) is 11.5 Å². The van der Waals surface area contributed by atoms with Crippen molar-refractivity contribution >= 4 is 38.1 Å². The second-order valence-electron chi connectivity index (χ2n) is 4.45. The van der Waals surface area contributed by atoms with Crippen molar-refractivity contribution in [2.75, 3.05) is 24.3 Å². The Balaban J connectivity index is 2.21. The molecule has 0 saturated heterocycles. The van der Waals surface area contributed by atoms with Crippen molar-refractivity contribution < 1.29 is 22.7 Å². The van der Waals surface area contributed by atoms with Gasteiger partial charge in [-0.3, -0.25) is 9.52 Å². The van der Waals surface area contributed by atoms with Crippen LogP contribution in [0.5, 0.6) is 11.5 Å². The molecule has 11 heteroatoms. The number of anilines is 2. The van der Waals surface area contributed by atoms with E-state index in [2.05, 4.69) is 20.2 Å². The molecule has 0 bridgehead atoms. The zero-order valence-corrected chi connectivity index (χ0v) is 14.8. The Bertz CT molecular complexity index is 835. The smallest absolute Gasteiger partial charge is 0.291 e. The maximum absolute atomic E-state index is 12.3. The van der Waals surface area contributed by atoms with Gasteiger partial charge in [0, 0.05) is 12.5 Å². The van der Waals surface area contributed by atoms with E-state index in [1.54, 1.807) is 13.0 Å². The third-order valence-electron chi connectivity index (χ3n) is 2.84. The molecule has 2 rings (SSSR count). The van der Waals surface area contributed by atoms with Gasteiger partial charge in [-0.2, -0.15) is 8.42 Å². The molecule has 9 nitrogen and oxygen atoms in total. The minimum absolute atomic E-state index is 0.120. The quantitative estimate of drug-likeness (QED) is 0.710. The van der Waals surface area contributed by atoms with Gasteiger partial charge in [0.1, 0.15) is 0 Å². The fourth-order valence-electron chi connectivity index (χ4n) is 1.68. The van der Waals surface area contributed by atoms with Crippen molar-refractivity contribution in [1.82, 2.24) is 10.2 Å². The van der Waals surface area contributed by atoms with Crippen LogP contribution in [0.2, 0.25) is 0 Å². The highest BCUT2D eigenvalue weighted by atomic mass is 32.2. The number of nitrogens with one attached hydrogen (secondary N) is 2. The van der Waals surface area contributed by atoms with Crippen molar-refractivity contribution in [1.29, 1.82) is 0 Å². The molecule has 2 aromatic rings. The summed E-state index contributed by atoms with van der Waals surface area (Å²) in [6.45, 7) is 1.67. The van der Waals surface area contributed by atoms with Gasteiger partial charge in [-0.1, -0.05) is 18.3 Å². The van der Waals surface area contributed by atoms with Crippen LogP contribution in [-0.4, -0.2) is 38.7 Å². The first-order valence-electron chi connectivity index (χ1n) is 6.77. The van der Waals surface area contributed by atoms with Gasteiger partial charge in [0.2, 0.25) is 11.0 Å². The summed E-state index contributed by atoms with van der Waals surface area (Å²) >= 11 is 0.760. The van der Waals surface area contributed by atoms with Gasteiger partial charge >= 0.3 is 0 Å². The van der Waals surface area contributed by atoms with Gasteiger partial charge in [-0.15, -0.1) is 10.2 Å². The van der Waals surface area contributed by atoms with E-state index in [9.17, 15) is 13.2 Å². The van der Waals surface area contributed by atoms with E-state index in [-0.39, 0.29) is 27.5 Å². The van der Waals surface area contributed by atoms with Crippen molar-refractivity contribution in [3.8, 4) is 11.5 Å². The number of methoxy groups -OCH3 is 2. The van der Waals surface area contributed by atoms with Crippen LogP contribution in [0.1, 0.15) is 13.3 Å². The number of nitrogens with zero attached hydrogens (tertiary/aromatic N) is 2. The number of ether oxygens (including phenoxy) is 2. The SMILES string of the molecule is CCC(=O)Nc1nnc(S(=O)(=O)Nc2ccc(OC)c(OC)c2)s1. The summed E-state index contributed by atoms with van der Waals surface area (Å²) in [7, 11) is -1.00. The number of sulfonamides is 1. The standard InChI is InChI=1S/C13H16N4O5S2/c1-4-11(18)14-12-15-16-13(23-12)24(19,20)17-8-5-6-9(21-2)10(7-8)22-3/h5-7,17H,4H2,1-3H3,(H,14,15,18). The Morgan fingerprint density at radius 3 is 2.54 bits per heavy atom. The average Bonchev–Trinajstić information content (AvgIpc) is 3.03. The van der Waals surface area contributed by atoms with Gasteiger partial charge in [0.25, 0.3) is 14.4 Å². The summed E-state index contributed by atoms with van der Waals surface area (Å²) in [6, 6.07) is 4.58. The van der Waals surface area contributed by atoms with E-state index in [0.717, 1.165) is 11.3 Å². The number of amides is 1. The molecule has 1 aromatic carbocycles. The molecule has 1 aromatic heterocycles. The number of hydrogen-bond acceptors (Lipinski definition) is 8. The zero-order valence-electron chi connectivity index (χ0n) is 13.2. The minimum atomic E-state index is -3.93. The van der Waals surface area contributed by atoms with Gasteiger partial charge in [-0.25, -0.2) is 0 Å². The van der Waals surface area contributed by atoms with E-state index < -0.39 is 10.0 Å². The van der Waals surface area contributed by atoms with Crippen LogP contribution in [0.3, 0.4) is 0 Å². The van der Waals surface area contributed by atoms with Gasteiger partial charge in [0.05, 0.1) is 19.9 Å². The molecular weight excluding hydrogens is 356 g/mol. The molecule has 0 fully saturated rings. The van der Waals surface area contributed by atoms with Gasteiger partial charge in [0.15, 0.2) is 11.5 Å². The fourth-order valence-corrected chi connectivity index (χ4v) is 3.64. The maximum Gasteiger partial charge on any atom is 0.291 e. The van der Waals surface area contributed by atoms with Crippen LogP contribution in [0.25, 0.3) is 0 Å². The first-order valence-corrected chi connectivity index (χ1v) is 9.07. The molecule has 0 aliphatic rings. The first-order chi connectivity index (χ1) is 11.4. The summed E-state index contributed by atoms with van der Waals surface area (Å²) in [5.74, 6) is 0.578. The minimum Gasteiger partial charge on any atom is -0.493 e. The molecule has 0 spiro atoms. The molecule has 1 amide bonds. The summed E-state index contributed by atoms with van der Waals surface area (Å²) in [5.41, 5.74) is 0.280. The number of rotatable bonds is 7. The van der Waals surface area contributed by atoms with Crippen molar-refractivity contribution in [2.45, 2.75) is 17.7 Å². The van der Waals surface area contributed by atoms with E-state index in [1.165, 1.54) is 26.4 Å². The van der Waals surface area contributed by atoms with Crippen LogP contribution >= 0.6 is 11.3 Å². The molecule has 0 saturated carbocycles. The second kappa shape index (κ2) is 7.45. The molecule has 0 unspecified atom stereocenters. The predicted octanol–water partition coefficient (Wildman–Crippen LogP) is 1.70. The van der Waals surface area contributed by atoms with Crippen LogP contribution in [0.4, 0.5) is 10.8 Å². The molecular formula is C13H16N4O5S2. The van der Waals surface area contributed by atoms with Crippen molar-refractivity contribution in [3.63, 3.8) is 0 Å². The summed E-state index contributed by atoms with van der Waals surface area (Å²) in [5, 5.41) is 9.82. The van der Waals surface area contributed by atoms with Crippen LogP contribution < -0.4 is 19.5 Å². The molecule has 24 heavy (non-hydrogen) atoms. The molecule has 130 valence electrons. The normalized spacial score (nSPS) is 11.0. The summed E-state index contributed by atoms with van der Waals surface area (Å²) in [6.07, 6.45) is 0.256. The number of hydrogen-bond donors (Lipinski definition) is 2. The van der Waals surface area contributed by atoms with Crippen molar-refractivity contribution in [3.05, 3.63) is 18.2 Å². The van der Waals surface area contributed by atoms with E-state index in [4.69, 9.17) is 9.47 Å². The van der Waals surface area contributed by atoms with Crippen LogP contribution in [-0.2, 0) is 14.8 Å². The maximum atomic E-state index is 12.3. The Morgan fingerprint density at radius 2 is 1.92 bits per heavy atom. The predicted molar refractivity (Wildman–Crippen MR) is 89.2 cm³/mol. The van der Waals surface area contributed by atoms with Crippen molar-refractivity contribution in [2.24, 2.45) is 0 Å². The third kappa shape index (κ3) is 4.11. The van der Waals surface area contributed by atoms with Crippen LogP contribution in [0, 0.1) is 0 Å². The molecule has 0 radical (unpaired) electrons. The third-order valence-corrected chi connectivity index (χ3v) is 5.43. The Labute approximate surface area is 143 Å². The molecule has 0 atom stereocenters. The lowest BCUT2D eigenvalue weighted by Crippen LogP contribution is -2.12. The summed E-state index contributed by atoms with van der Waals surface area (Å²) < 4.78 is 37.0. The topological polar surface area (TPSA) is 120 Å². The Hall–Kier alpha value is -2.40. The summed E-state index contributed by atoms with van der Waals surface area (Å²) in [4.78, 5) is 11.3. The highest BCUT2D eigenvalue weighted by Crippen LogP contribution is 2.31. The molecule has 0 aliphatic carbocycles. The van der Waals surface area contributed by atoms with E-state index >= 15 is 0 Å². The monoisotopic (exact) mass is 372 g/mol. The number of carbonyl (C=O) groups excluding carboxylic acids is 1. The lowest BCUT2D eigenvalue weighted by Gasteiger charge is -2.10. The molecule has 1 heterocycles.